The highest BCUT2D eigenvalue weighted by Gasteiger charge is 2.22. The third kappa shape index (κ3) is 6.69. The van der Waals surface area contributed by atoms with Crippen molar-refractivity contribution in [1.82, 2.24) is 10.0 Å². The second-order valence-corrected chi connectivity index (χ2v) is 8.98. The topological polar surface area (TPSA) is 84.5 Å². The van der Waals surface area contributed by atoms with Crippen LogP contribution in [0.25, 0.3) is 0 Å². The second kappa shape index (κ2) is 8.54. The molecule has 0 spiro atoms. The molecule has 0 atom stereocenters. The molecule has 2 aromatic carbocycles. The number of benzene rings is 2. The summed E-state index contributed by atoms with van der Waals surface area (Å²) in [5.41, 5.74) is 0.916. The van der Waals surface area contributed by atoms with Gasteiger partial charge in [0, 0.05) is 11.1 Å². The predicted molar refractivity (Wildman–Crippen MR) is 106 cm³/mol. The van der Waals surface area contributed by atoms with Crippen molar-refractivity contribution in [3.05, 3.63) is 59.7 Å². The molecule has 0 aliphatic rings. The maximum Gasteiger partial charge on any atom is 0.251 e. The zero-order valence-corrected chi connectivity index (χ0v) is 16.9. The SMILES string of the molecule is Cc1cccc(OCCNC(=O)c2ccc(S(=O)(=O)NC(C)(C)C)cc2)c1. The fourth-order valence-corrected chi connectivity index (χ4v) is 3.81. The number of hydrogen-bond donors (Lipinski definition) is 2. The van der Waals surface area contributed by atoms with Gasteiger partial charge in [0.25, 0.3) is 5.91 Å². The Morgan fingerprint density at radius 2 is 1.74 bits per heavy atom. The summed E-state index contributed by atoms with van der Waals surface area (Å²) in [4.78, 5) is 12.3. The molecule has 0 saturated carbocycles. The lowest BCUT2D eigenvalue weighted by Gasteiger charge is -2.20. The van der Waals surface area contributed by atoms with E-state index in [0.717, 1.165) is 11.3 Å². The van der Waals surface area contributed by atoms with Gasteiger partial charge in [-0.25, -0.2) is 13.1 Å². The molecule has 7 heteroatoms. The third-order valence-electron chi connectivity index (χ3n) is 3.51. The van der Waals surface area contributed by atoms with E-state index in [4.69, 9.17) is 4.74 Å². The molecule has 0 aliphatic heterocycles. The third-order valence-corrected chi connectivity index (χ3v) is 5.29. The first-order chi connectivity index (χ1) is 12.6. The molecule has 0 aromatic heterocycles. The number of rotatable bonds is 7. The van der Waals surface area contributed by atoms with Gasteiger partial charge in [0.1, 0.15) is 12.4 Å². The van der Waals surface area contributed by atoms with Crippen LogP contribution in [0.1, 0.15) is 36.7 Å². The molecule has 0 saturated heterocycles. The van der Waals surface area contributed by atoms with E-state index in [-0.39, 0.29) is 10.8 Å². The van der Waals surface area contributed by atoms with Gasteiger partial charge in [0.2, 0.25) is 10.0 Å². The van der Waals surface area contributed by atoms with Gasteiger partial charge in [0.05, 0.1) is 11.4 Å². The fourth-order valence-electron chi connectivity index (χ4n) is 2.39. The highest BCUT2D eigenvalue weighted by Crippen LogP contribution is 2.14. The summed E-state index contributed by atoms with van der Waals surface area (Å²) in [6, 6.07) is 13.5. The molecule has 2 rings (SSSR count). The van der Waals surface area contributed by atoms with Crippen LogP contribution >= 0.6 is 0 Å². The number of amides is 1. The predicted octanol–water partition coefficient (Wildman–Crippen LogP) is 2.88. The van der Waals surface area contributed by atoms with E-state index in [2.05, 4.69) is 10.0 Å². The van der Waals surface area contributed by atoms with E-state index in [1.807, 2.05) is 31.2 Å². The van der Waals surface area contributed by atoms with E-state index in [0.29, 0.717) is 18.7 Å². The Kier molecular flexibility index (Phi) is 6.62. The normalized spacial score (nSPS) is 11.9. The maximum absolute atomic E-state index is 12.3. The van der Waals surface area contributed by atoms with E-state index < -0.39 is 15.6 Å². The standard InChI is InChI=1S/C20H26N2O4S/c1-15-6-5-7-17(14-15)26-13-12-21-19(23)16-8-10-18(11-9-16)27(24,25)22-20(2,3)4/h5-11,14,22H,12-13H2,1-4H3,(H,21,23). The lowest BCUT2D eigenvalue weighted by molar-refractivity contribution is 0.0947. The Hall–Kier alpha value is -2.38. The number of ether oxygens (including phenoxy) is 1. The molecule has 0 unspecified atom stereocenters. The monoisotopic (exact) mass is 390 g/mol. The van der Waals surface area contributed by atoms with Crippen LogP contribution in [0.15, 0.2) is 53.4 Å². The summed E-state index contributed by atoms with van der Waals surface area (Å²) < 4.78 is 32.7. The van der Waals surface area contributed by atoms with Crippen LogP contribution in [-0.2, 0) is 10.0 Å². The van der Waals surface area contributed by atoms with E-state index in [9.17, 15) is 13.2 Å². The fraction of sp³-hybridized carbons (Fsp3) is 0.350. The molecule has 27 heavy (non-hydrogen) atoms. The van der Waals surface area contributed by atoms with Crippen molar-refractivity contribution >= 4 is 15.9 Å². The van der Waals surface area contributed by atoms with Crippen LogP contribution in [0.3, 0.4) is 0 Å². The van der Waals surface area contributed by atoms with Crippen molar-refractivity contribution in [3.63, 3.8) is 0 Å². The van der Waals surface area contributed by atoms with Crippen LogP contribution in [0, 0.1) is 6.92 Å². The molecule has 0 fully saturated rings. The van der Waals surface area contributed by atoms with Gasteiger partial charge < -0.3 is 10.1 Å². The van der Waals surface area contributed by atoms with Crippen molar-refractivity contribution in [2.75, 3.05) is 13.2 Å². The zero-order valence-electron chi connectivity index (χ0n) is 16.1. The molecule has 2 aromatic rings. The average molecular weight is 391 g/mol. The Bertz CT molecular complexity index is 885. The number of carbonyl (C=O) groups excluding carboxylic acids is 1. The van der Waals surface area contributed by atoms with Gasteiger partial charge in [-0.2, -0.15) is 0 Å². The number of aryl methyl sites for hydroxylation is 1. The van der Waals surface area contributed by atoms with E-state index >= 15 is 0 Å². The minimum Gasteiger partial charge on any atom is -0.492 e. The molecular weight excluding hydrogens is 364 g/mol. The summed E-state index contributed by atoms with van der Waals surface area (Å²) in [7, 11) is -3.62. The van der Waals surface area contributed by atoms with Crippen LogP contribution in [0.2, 0.25) is 0 Å². The first-order valence-corrected chi connectivity index (χ1v) is 10.2. The van der Waals surface area contributed by atoms with Crippen LogP contribution in [-0.4, -0.2) is 33.0 Å². The van der Waals surface area contributed by atoms with Crippen molar-refractivity contribution < 1.29 is 17.9 Å². The lowest BCUT2D eigenvalue weighted by Crippen LogP contribution is -2.40. The lowest BCUT2D eigenvalue weighted by atomic mass is 10.1. The average Bonchev–Trinajstić information content (AvgIpc) is 2.57. The summed E-state index contributed by atoms with van der Waals surface area (Å²) in [5.74, 6) is 0.473. The number of carbonyl (C=O) groups is 1. The summed E-state index contributed by atoms with van der Waals surface area (Å²) >= 11 is 0. The molecule has 1 amide bonds. The van der Waals surface area contributed by atoms with Gasteiger partial charge in [-0.1, -0.05) is 12.1 Å². The van der Waals surface area contributed by atoms with Crippen molar-refractivity contribution in [1.29, 1.82) is 0 Å². The maximum atomic E-state index is 12.3. The van der Waals surface area contributed by atoms with Gasteiger partial charge in [-0.3, -0.25) is 4.79 Å². The Morgan fingerprint density at radius 1 is 1.07 bits per heavy atom. The van der Waals surface area contributed by atoms with Gasteiger partial charge >= 0.3 is 0 Å². The van der Waals surface area contributed by atoms with Crippen molar-refractivity contribution in [2.45, 2.75) is 38.1 Å². The quantitative estimate of drug-likeness (QED) is 0.712. The molecule has 6 nitrogen and oxygen atoms in total. The Morgan fingerprint density at radius 3 is 2.33 bits per heavy atom. The molecule has 0 aliphatic carbocycles. The minimum absolute atomic E-state index is 0.122. The highest BCUT2D eigenvalue weighted by atomic mass is 32.2. The second-order valence-electron chi connectivity index (χ2n) is 7.30. The minimum atomic E-state index is -3.62. The smallest absolute Gasteiger partial charge is 0.251 e. The van der Waals surface area contributed by atoms with E-state index in [1.165, 1.54) is 24.3 Å². The van der Waals surface area contributed by atoms with Crippen molar-refractivity contribution in [3.8, 4) is 5.75 Å². The molecule has 146 valence electrons. The summed E-state index contributed by atoms with van der Waals surface area (Å²) in [6.45, 7) is 7.98. The molecule has 2 N–H and O–H groups in total. The molecule has 0 heterocycles. The van der Waals surface area contributed by atoms with Crippen molar-refractivity contribution in [2.24, 2.45) is 0 Å². The first-order valence-electron chi connectivity index (χ1n) is 8.68. The van der Waals surface area contributed by atoms with Crippen LogP contribution in [0.5, 0.6) is 5.75 Å². The Balaban J connectivity index is 1.88. The summed E-state index contributed by atoms with van der Waals surface area (Å²) in [5, 5.41) is 2.75. The summed E-state index contributed by atoms with van der Waals surface area (Å²) in [6.07, 6.45) is 0. The van der Waals surface area contributed by atoms with E-state index in [1.54, 1.807) is 20.8 Å². The zero-order chi connectivity index (χ0) is 20.1. The number of sulfonamides is 1. The van der Waals surface area contributed by atoms with Crippen LogP contribution < -0.4 is 14.8 Å². The highest BCUT2D eigenvalue weighted by molar-refractivity contribution is 7.89. The number of nitrogens with one attached hydrogen (secondary N) is 2. The number of hydrogen-bond acceptors (Lipinski definition) is 4. The van der Waals surface area contributed by atoms with Crippen LogP contribution in [0.4, 0.5) is 0 Å². The molecule has 0 bridgehead atoms. The van der Waals surface area contributed by atoms with Gasteiger partial charge in [-0.05, 0) is 69.7 Å². The largest absolute Gasteiger partial charge is 0.492 e. The molecule has 0 radical (unpaired) electrons. The molecular formula is C20H26N2O4S. The first kappa shape index (κ1) is 20.9. The van der Waals surface area contributed by atoms with Gasteiger partial charge in [0.15, 0.2) is 0 Å². The van der Waals surface area contributed by atoms with Gasteiger partial charge in [-0.15, -0.1) is 0 Å². The Labute approximate surface area is 161 Å².